The van der Waals surface area contributed by atoms with Gasteiger partial charge >= 0.3 is 110 Å². The van der Waals surface area contributed by atoms with Crippen LogP contribution in [0.4, 0.5) is 79.0 Å². The maximum atomic E-state index is 12.8. The van der Waals surface area contributed by atoms with Crippen molar-refractivity contribution in [1.29, 1.82) is 0 Å². The predicted octanol–water partition coefficient (Wildman–Crippen LogP) is 2.39. The van der Waals surface area contributed by atoms with Gasteiger partial charge < -0.3 is 1.43 Å². The van der Waals surface area contributed by atoms with Crippen LogP contribution in [0.5, 0.6) is 0 Å². The van der Waals surface area contributed by atoms with Crippen molar-refractivity contribution in [3.8, 4) is 0 Å². The van der Waals surface area contributed by atoms with Gasteiger partial charge in [-0.15, -0.1) is 0 Å². The smallest absolute Gasteiger partial charge is 1.00 e. The van der Waals surface area contributed by atoms with E-state index in [4.69, 9.17) is 17.5 Å². The van der Waals surface area contributed by atoms with Crippen LogP contribution in [-0.4, -0.2) is 65.4 Å². The summed E-state index contributed by atoms with van der Waals surface area (Å²) in [4.78, 5) is 0. The molecule has 24 heteroatoms. The molecule has 0 fully saturated rings. The second-order valence-corrected chi connectivity index (χ2v) is 5.79. The van der Waals surface area contributed by atoms with E-state index in [1.165, 1.54) is 0 Å². The van der Waals surface area contributed by atoms with Crippen molar-refractivity contribution in [1.82, 2.24) is 0 Å². The van der Waals surface area contributed by atoms with E-state index in [1.54, 1.807) is 0 Å². The summed E-state index contributed by atoms with van der Waals surface area (Å²) < 4.78 is 252. The van der Waals surface area contributed by atoms with E-state index in [9.17, 15) is 79.0 Å². The number of alkyl halides is 18. The van der Waals surface area contributed by atoms with Crippen LogP contribution in [0.25, 0.3) is 0 Å². The molecule has 0 rings (SSSR count). The molecule has 0 radical (unpaired) electrons. The molecule has 0 saturated heterocycles. The van der Waals surface area contributed by atoms with E-state index in [0.717, 1.165) is 0 Å². The van der Waals surface area contributed by atoms with Gasteiger partial charge in [-0.25, -0.2) is 0 Å². The van der Waals surface area contributed by atoms with Crippen LogP contribution >= 0.6 is 0 Å². The molecule has 32 heavy (non-hydrogen) atoms. The fraction of sp³-hybridized carbons (Fsp3) is 1.00. The maximum absolute atomic E-state index is 12.8. The molecule has 0 heterocycles. The van der Waals surface area contributed by atoms with Crippen molar-refractivity contribution in [2.24, 2.45) is 0 Å². The normalized spacial score (nSPS) is 15.5. The third-order valence-electron chi connectivity index (χ3n) is 2.68. The fourth-order valence-corrected chi connectivity index (χ4v) is 1.14. The van der Waals surface area contributed by atoms with Gasteiger partial charge in [0.05, 0.1) is 0 Å². The zero-order valence-corrected chi connectivity index (χ0v) is 17.9. The van der Waals surface area contributed by atoms with Crippen molar-refractivity contribution in [2.45, 2.75) is 47.9 Å². The minimum Gasteiger partial charge on any atom is -1.00 e. The molecule has 4 nitrogen and oxygen atoms in total. The van der Waals surface area contributed by atoms with E-state index in [1.807, 2.05) is 0 Å². The first kappa shape index (κ1) is 36.8. The van der Waals surface area contributed by atoms with E-state index < -0.39 is 58.3 Å². The zero-order chi connectivity index (χ0) is 26.5. The molecule has 0 spiro atoms. The molecule has 2 N–H and O–H groups in total. The van der Waals surface area contributed by atoms with Crippen LogP contribution < -0.4 is 51.4 Å². The molecule has 0 aliphatic rings. The van der Waals surface area contributed by atoms with E-state index in [-0.39, 0.29) is 52.8 Å². The third kappa shape index (κ3) is 6.47. The van der Waals surface area contributed by atoms with Gasteiger partial charge in [-0.2, -0.15) is 87.4 Å². The summed E-state index contributed by atoms with van der Waals surface area (Å²) in [6, 6.07) is 0. The molecular weight excluding hydrogens is 573 g/mol. The summed E-state index contributed by atoms with van der Waals surface area (Å²) in [7, 11) is -4.67. The molecule has 0 aromatic carbocycles. The van der Waals surface area contributed by atoms with Gasteiger partial charge in [0, 0.05) is 0 Å². The number of rotatable bonds is 5. The molecule has 0 saturated carbocycles. The first-order valence-electron chi connectivity index (χ1n) is 5.85. The SMILES string of the molecule is FC(F)(F)C(F)(F)C(F)(F)C(F)(F)C(F)(F)C(F)(F)C(F)(F)C(F)(F)F.O=S(=O)(O)O.[H-].[K+]. The molecule has 0 bridgehead atoms. The largest absolute Gasteiger partial charge is 1.00 e. The number of halogens is 18. The summed E-state index contributed by atoms with van der Waals surface area (Å²) in [5.74, 6) is -51.0. The molecule has 0 aromatic rings. The topological polar surface area (TPSA) is 74.6 Å². The Morgan fingerprint density at radius 3 is 0.594 bits per heavy atom. The predicted molar refractivity (Wildman–Crippen MR) is 57.1 cm³/mol. The Labute approximate surface area is 206 Å². The van der Waals surface area contributed by atoms with Crippen molar-refractivity contribution < 1.29 is 149 Å². The zero-order valence-electron chi connectivity index (χ0n) is 14.9. The van der Waals surface area contributed by atoms with Crippen LogP contribution in [0.2, 0.25) is 0 Å². The van der Waals surface area contributed by atoms with Gasteiger partial charge in [-0.1, -0.05) is 0 Å². The molecule has 0 amide bonds. The second-order valence-electron chi connectivity index (χ2n) is 4.89. The first-order chi connectivity index (χ1) is 12.8. The second kappa shape index (κ2) is 9.71. The summed E-state index contributed by atoms with van der Waals surface area (Å²) in [5, 5.41) is 0. The van der Waals surface area contributed by atoms with Gasteiger partial charge in [0.1, 0.15) is 0 Å². The first-order valence-corrected chi connectivity index (χ1v) is 7.25. The van der Waals surface area contributed by atoms with E-state index in [0.29, 0.717) is 0 Å². The Kier molecular flexibility index (Phi) is 11.2. The molecule has 0 unspecified atom stereocenters. The summed E-state index contributed by atoms with van der Waals surface area (Å²) >= 11 is 0. The van der Waals surface area contributed by atoms with Crippen LogP contribution in [0.1, 0.15) is 1.43 Å². The summed E-state index contributed by atoms with van der Waals surface area (Å²) in [6.45, 7) is 0. The Morgan fingerprint density at radius 2 is 0.500 bits per heavy atom. The summed E-state index contributed by atoms with van der Waals surface area (Å²) in [6.07, 6.45) is -15.6. The van der Waals surface area contributed by atoms with E-state index >= 15 is 0 Å². The van der Waals surface area contributed by atoms with Gasteiger partial charge in [-0.05, 0) is 0 Å². The van der Waals surface area contributed by atoms with Crippen LogP contribution in [0, 0.1) is 0 Å². The quantitative estimate of drug-likeness (QED) is 0.300. The summed E-state index contributed by atoms with van der Waals surface area (Å²) in [5.41, 5.74) is 0. The molecule has 0 aromatic heterocycles. The van der Waals surface area contributed by atoms with Gasteiger partial charge in [0.25, 0.3) is 0 Å². The van der Waals surface area contributed by atoms with Crippen molar-refractivity contribution in [3.63, 3.8) is 0 Å². The third-order valence-corrected chi connectivity index (χ3v) is 2.68. The van der Waals surface area contributed by atoms with Crippen molar-refractivity contribution in [3.05, 3.63) is 0 Å². The average molecular weight is 576 g/mol. The number of hydrogen-bond donors (Lipinski definition) is 2. The van der Waals surface area contributed by atoms with Crippen LogP contribution in [0.15, 0.2) is 0 Å². The molecule has 192 valence electrons. The minimum atomic E-state index is -8.72. The van der Waals surface area contributed by atoms with Gasteiger partial charge in [0.2, 0.25) is 0 Å². The standard InChI is InChI=1S/C8F18.K.H2O4S.H/c9-1(10,3(13,14)5(17,18)7(21,22)23)2(11,12)4(15,16)6(19,20)8(24,25)26;;1-5(2,3)4;/h;;(H2,1,2,3,4);/q;+1;;-1. The van der Waals surface area contributed by atoms with Crippen molar-refractivity contribution in [2.75, 3.05) is 0 Å². The maximum Gasteiger partial charge on any atom is 1.00 e. The van der Waals surface area contributed by atoms with Gasteiger partial charge in [0.15, 0.2) is 0 Å². The Bertz CT molecular complexity index is 688. The Balaban J connectivity index is -0.000000539. The van der Waals surface area contributed by atoms with Crippen LogP contribution in [-0.2, 0) is 10.4 Å². The van der Waals surface area contributed by atoms with Crippen LogP contribution in [0.3, 0.4) is 0 Å². The molecular formula is C8H3F18KO4S. The van der Waals surface area contributed by atoms with Crippen molar-refractivity contribution >= 4 is 10.4 Å². The minimum absolute atomic E-state index is 0. The number of hydrogen-bond acceptors (Lipinski definition) is 2. The molecule has 0 aliphatic carbocycles. The molecule has 0 atom stereocenters. The average Bonchev–Trinajstić information content (AvgIpc) is 2.41. The van der Waals surface area contributed by atoms with E-state index in [2.05, 4.69) is 0 Å². The van der Waals surface area contributed by atoms with Gasteiger partial charge in [-0.3, -0.25) is 9.11 Å². The monoisotopic (exact) mass is 576 g/mol. The Morgan fingerprint density at radius 1 is 0.406 bits per heavy atom. The Hall–Kier alpha value is 0.246. The molecule has 0 aliphatic heterocycles. The fourth-order valence-electron chi connectivity index (χ4n) is 1.14.